The Bertz CT molecular complexity index is 199. The molecule has 0 amide bonds. The van der Waals surface area contributed by atoms with Gasteiger partial charge in [-0.1, -0.05) is 0 Å². The van der Waals surface area contributed by atoms with E-state index in [-0.39, 0.29) is 6.04 Å². The van der Waals surface area contributed by atoms with Crippen LogP contribution in [0.15, 0.2) is 18.6 Å². The summed E-state index contributed by atoms with van der Waals surface area (Å²) >= 11 is 0. The van der Waals surface area contributed by atoms with Gasteiger partial charge in [-0.25, -0.2) is 4.98 Å². The lowest BCUT2D eigenvalue weighted by Gasteiger charge is -2.10. The standard InChI is InChI=1S/C7H12N4/c1-6(4-8)11-7-5-9-2-3-10-7/h2-3,5-6H,4,8H2,1H3,(H,10,11). The van der Waals surface area contributed by atoms with Crippen molar-refractivity contribution in [2.75, 3.05) is 11.9 Å². The van der Waals surface area contributed by atoms with Crippen molar-refractivity contribution < 1.29 is 0 Å². The Labute approximate surface area is 65.9 Å². The van der Waals surface area contributed by atoms with Crippen molar-refractivity contribution in [3.05, 3.63) is 18.6 Å². The lowest BCUT2D eigenvalue weighted by molar-refractivity contribution is 0.796. The van der Waals surface area contributed by atoms with Crippen LogP contribution in [0, 0.1) is 0 Å². The SMILES string of the molecule is CC(CN)Nc1cnccn1. The molecule has 4 heteroatoms. The summed E-state index contributed by atoms with van der Waals surface area (Å²) in [5.41, 5.74) is 5.41. The maximum atomic E-state index is 5.41. The van der Waals surface area contributed by atoms with Gasteiger partial charge in [0, 0.05) is 25.0 Å². The summed E-state index contributed by atoms with van der Waals surface area (Å²) in [5, 5.41) is 3.09. The van der Waals surface area contributed by atoms with Crippen LogP contribution in [-0.2, 0) is 0 Å². The van der Waals surface area contributed by atoms with E-state index in [0.29, 0.717) is 6.54 Å². The van der Waals surface area contributed by atoms with Crippen LogP contribution < -0.4 is 11.1 Å². The predicted molar refractivity (Wildman–Crippen MR) is 44.2 cm³/mol. The molecule has 0 fully saturated rings. The average molecular weight is 152 g/mol. The zero-order valence-electron chi connectivity index (χ0n) is 6.49. The molecule has 4 nitrogen and oxygen atoms in total. The van der Waals surface area contributed by atoms with Gasteiger partial charge in [-0.2, -0.15) is 0 Å². The molecule has 1 aromatic rings. The summed E-state index contributed by atoms with van der Waals surface area (Å²) in [6.07, 6.45) is 4.95. The highest BCUT2D eigenvalue weighted by Crippen LogP contribution is 1.98. The molecule has 0 saturated heterocycles. The Morgan fingerprint density at radius 2 is 2.45 bits per heavy atom. The third-order valence-electron chi connectivity index (χ3n) is 1.31. The third-order valence-corrected chi connectivity index (χ3v) is 1.31. The zero-order valence-corrected chi connectivity index (χ0v) is 6.49. The first-order valence-corrected chi connectivity index (χ1v) is 3.55. The molecule has 1 atom stereocenters. The third kappa shape index (κ3) is 2.51. The molecule has 3 N–H and O–H groups in total. The number of nitrogens with one attached hydrogen (secondary N) is 1. The van der Waals surface area contributed by atoms with E-state index in [9.17, 15) is 0 Å². The summed E-state index contributed by atoms with van der Waals surface area (Å²) in [6.45, 7) is 2.59. The maximum Gasteiger partial charge on any atom is 0.144 e. The second kappa shape index (κ2) is 3.88. The molecule has 0 radical (unpaired) electrons. The smallest absolute Gasteiger partial charge is 0.144 e. The molecule has 0 aromatic carbocycles. The zero-order chi connectivity index (χ0) is 8.10. The van der Waals surface area contributed by atoms with E-state index in [1.165, 1.54) is 0 Å². The van der Waals surface area contributed by atoms with Crippen molar-refractivity contribution in [1.29, 1.82) is 0 Å². The molecule has 60 valence electrons. The van der Waals surface area contributed by atoms with Crippen LogP contribution in [0.4, 0.5) is 5.82 Å². The molecule has 0 spiro atoms. The number of rotatable bonds is 3. The fourth-order valence-electron chi connectivity index (χ4n) is 0.685. The van der Waals surface area contributed by atoms with Crippen LogP contribution in [0.3, 0.4) is 0 Å². The molecule has 0 aliphatic heterocycles. The van der Waals surface area contributed by atoms with Crippen molar-refractivity contribution in [2.24, 2.45) is 5.73 Å². The Morgan fingerprint density at radius 3 is 3.00 bits per heavy atom. The lowest BCUT2D eigenvalue weighted by atomic mass is 10.3. The van der Waals surface area contributed by atoms with E-state index in [1.807, 2.05) is 6.92 Å². The number of hydrogen-bond acceptors (Lipinski definition) is 4. The topological polar surface area (TPSA) is 63.8 Å². The quantitative estimate of drug-likeness (QED) is 0.651. The summed E-state index contributed by atoms with van der Waals surface area (Å²) in [6, 6.07) is 0.242. The van der Waals surface area contributed by atoms with Crippen LogP contribution >= 0.6 is 0 Å². The molecule has 1 unspecified atom stereocenters. The van der Waals surface area contributed by atoms with Crippen molar-refractivity contribution >= 4 is 5.82 Å². The number of nitrogens with two attached hydrogens (primary N) is 1. The molecule has 0 bridgehead atoms. The van der Waals surface area contributed by atoms with Crippen molar-refractivity contribution in [1.82, 2.24) is 9.97 Å². The van der Waals surface area contributed by atoms with Gasteiger partial charge in [0.1, 0.15) is 5.82 Å². The second-order valence-electron chi connectivity index (χ2n) is 2.37. The summed E-state index contributed by atoms with van der Waals surface area (Å²) in [7, 11) is 0. The first kappa shape index (κ1) is 7.94. The van der Waals surface area contributed by atoms with E-state index in [0.717, 1.165) is 5.82 Å². The second-order valence-corrected chi connectivity index (χ2v) is 2.37. The average Bonchev–Trinajstić information content (AvgIpc) is 2.06. The Morgan fingerprint density at radius 1 is 1.64 bits per heavy atom. The van der Waals surface area contributed by atoms with E-state index in [2.05, 4.69) is 15.3 Å². The lowest BCUT2D eigenvalue weighted by Crippen LogP contribution is -2.25. The van der Waals surface area contributed by atoms with Crippen LogP contribution in [0.25, 0.3) is 0 Å². The van der Waals surface area contributed by atoms with Crippen molar-refractivity contribution in [3.63, 3.8) is 0 Å². The van der Waals surface area contributed by atoms with Crippen LogP contribution in [0.1, 0.15) is 6.92 Å². The molecule has 0 aliphatic rings. The Balaban J connectivity index is 2.51. The van der Waals surface area contributed by atoms with Gasteiger partial charge < -0.3 is 11.1 Å². The highest BCUT2D eigenvalue weighted by Gasteiger charge is 1.97. The first-order valence-electron chi connectivity index (χ1n) is 3.55. The molecule has 0 saturated carbocycles. The fourth-order valence-corrected chi connectivity index (χ4v) is 0.685. The van der Waals surface area contributed by atoms with Gasteiger partial charge in [0.2, 0.25) is 0 Å². The predicted octanol–water partition coefficient (Wildman–Crippen LogP) is 0.236. The molecule has 1 aromatic heterocycles. The van der Waals surface area contributed by atoms with Crippen molar-refractivity contribution in [3.8, 4) is 0 Å². The van der Waals surface area contributed by atoms with Gasteiger partial charge in [-0.3, -0.25) is 4.98 Å². The highest BCUT2D eigenvalue weighted by molar-refractivity contribution is 5.30. The Hall–Kier alpha value is -1.16. The largest absolute Gasteiger partial charge is 0.365 e. The molecular formula is C7H12N4. The normalized spacial score (nSPS) is 12.5. The van der Waals surface area contributed by atoms with Gasteiger partial charge in [0.05, 0.1) is 6.20 Å². The van der Waals surface area contributed by atoms with E-state index in [1.54, 1.807) is 18.6 Å². The van der Waals surface area contributed by atoms with E-state index in [4.69, 9.17) is 5.73 Å². The molecule has 1 heterocycles. The fraction of sp³-hybridized carbons (Fsp3) is 0.429. The minimum Gasteiger partial charge on any atom is -0.365 e. The van der Waals surface area contributed by atoms with Crippen LogP contribution in [0.5, 0.6) is 0 Å². The molecule has 11 heavy (non-hydrogen) atoms. The van der Waals surface area contributed by atoms with Gasteiger partial charge in [0.25, 0.3) is 0 Å². The van der Waals surface area contributed by atoms with Gasteiger partial charge in [-0.05, 0) is 6.92 Å². The minimum atomic E-state index is 0.242. The summed E-state index contributed by atoms with van der Waals surface area (Å²) in [5.74, 6) is 0.769. The van der Waals surface area contributed by atoms with Crippen LogP contribution in [0.2, 0.25) is 0 Å². The van der Waals surface area contributed by atoms with Gasteiger partial charge in [-0.15, -0.1) is 0 Å². The minimum absolute atomic E-state index is 0.242. The van der Waals surface area contributed by atoms with E-state index < -0.39 is 0 Å². The highest BCUT2D eigenvalue weighted by atomic mass is 15.0. The first-order chi connectivity index (χ1) is 5.33. The maximum absolute atomic E-state index is 5.41. The Kier molecular flexibility index (Phi) is 2.80. The number of aromatic nitrogens is 2. The summed E-state index contributed by atoms with van der Waals surface area (Å²) in [4.78, 5) is 7.94. The number of hydrogen-bond donors (Lipinski definition) is 2. The monoisotopic (exact) mass is 152 g/mol. The summed E-state index contributed by atoms with van der Waals surface area (Å²) < 4.78 is 0. The molecule has 1 rings (SSSR count). The van der Waals surface area contributed by atoms with Crippen LogP contribution in [-0.4, -0.2) is 22.6 Å². The van der Waals surface area contributed by atoms with Gasteiger partial charge in [0.15, 0.2) is 0 Å². The molecule has 0 aliphatic carbocycles. The number of anilines is 1. The van der Waals surface area contributed by atoms with Gasteiger partial charge >= 0.3 is 0 Å². The van der Waals surface area contributed by atoms with Crippen molar-refractivity contribution in [2.45, 2.75) is 13.0 Å². The number of nitrogens with zero attached hydrogens (tertiary/aromatic N) is 2. The molecular weight excluding hydrogens is 140 g/mol. The van der Waals surface area contributed by atoms with E-state index >= 15 is 0 Å².